The standard InChI is InChI=1S/C14H15N3O3S/c1-2-16-11(7-9-15-16)8-10-17-14(18)12-5-3-4-6-13(12)21(17,19)20/h3-7,9H,2,8,10H2,1H3. The van der Waals surface area contributed by atoms with Crippen LogP contribution in [0, 0.1) is 0 Å². The number of carbonyl (C=O) groups excluding carboxylic acids is 1. The summed E-state index contributed by atoms with van der Waals surface area (Å²) in [5, 5.41) is 4.14. The Morgan fingerprint density at radius 3 is 2.67 bits per heavy atom. The normalized spacial score (nSPS) is 16.2. The van der Waals surface area contributed by atoms with E-state index in [0.29, 0.717) is 13.0 Å². The lowest BCUT2D eigenvalue weighted by atomic mass is 10.2. The summed E-state index contributed by atoms with van der Waals surface area (Å²) in [5.74, 6) is -0.451. The first-order chi connectivity index (χ1) is 10.1. The number of nitrogens with zero attached hydrogens (tertiary/aromatic N) is 3. The molecule has 0 fully saturated rings. The summed E-state index contributed by atoms with van der Waals surface area (Å²) in [6.07, 6.45) is 2.13. The molecule has 2 aromatic rings. The number of benzene rings is 1. The quantitative estimate of drug-likeness (QED) is 0.853. The van der Waals surface area contributed by atoms with Crippen molar-refractivity contribution in [2.24, 2.45) is 0 Å². The SMILES string of the molecule is CCn1nccc1CCN1C(=O)c2ccccc2S1(=O)=O. The van der Waals surface area contributed by atoms with Crippen molar-refractivity contribution in [3.8, 4) is 0 Å². The Morgan fingerprint density at radius 1 is 1.19 bits per heavy atom. The molecule has 1 aliphatic heterocycles. The van der Waals surface area contributed by atoms with Crippen molar-refractivity contribution >= 4 is 15.9 Å². The maximum atomic E-state index is 12.4. The van der Waals surface area contributed by atoms with Crippen LogP contribution in [0.2, 0.25) is 0 Å². The molecule has 21 heavy (non-hydrogen) atoms. The van der Waals surface area contributed by atoms with Crippen LogP contribution in [0.1, 0.15) is 23.0 Å². The smallest absolute Gasteiger partial charge is 0.269 e. The van der Waals surface area contributed by atoms with Gasteiger partial charge in [-0.1, -0.05) is 12.1 Å². The first kappa shape index (κ1) is 13.8. The molecular formula is C14H15N3O3S. The highest BCUT2D eigenvalue weighted by molar-refractivity contribution is 7.90. The minimum absolute atomic E-state index is 0.0963. The van der Waals surface area contributed by atoms with Crippen LogP contribution in [-0.4, -0.2) is 35.0 Å². The number of rotatable bonds is 4. The van der Waals surface area contributed by atoms with Crippen molar-refractivity contribution in [3.05, 3.63) is 47.8 Å². The van der Waals surface area contributed by atoms with E-state index in [4.69, 9.17) is 0 Å². The lowest BCUT2D eigenvalue weighted by Gasteiger charge is -2.15. The summed E-state index contributed by atoms with van der Waals surface area (Å²) in [6.45, 7) is 2.80. The Bertz CT molecular complexity index is 795. The summed E-state index contributed by atoms with van der Waals surface area (Å²) in [7, 11) is -3.71. The largest absolute Gasteiger partial charge is 0.270 e. The molecule has 0 saturated heterocycles. The molecule has 0 atom stereocenters. The Morgan fingerprint density at radius 2 is 1.95 bits per heavy atom. The summed E-state index contributed by atoms with van der Waals surface area (Å²) < 4.78 is 27.5. The number of carbonyl (C=O) groups is 1. The van der Waals surface area contributed by atoms with Gasteiger partial charge in [0.1, 0.15) is 4.90 Å². The Kier molecular flexibility index (Phi) is 3.29. The number of aryl methyl sites for hydroxylation is 1. The van der Waals surface area contributed by atoms with Gasteiger partial charge in [0.25, 0.3) is 15.9 Å². The molecule has 110 valence electrons. The lowest BCUT2D eigenvalue weighted by Crippen LogP contribution is -2.32. The first-order valence-electron chi connectivity index (χ1n) is 6.72. The zero-order valence-electron chi connectivity index (χ0n) is 11.6. The molecule has 1 aromatic heterocycles. The molecule has 7 heteroatoms. The third-order valence-electron chi connectivity index (χ3n) is 3.59. The van der Waals surface area contributed by atoms with E-state index >= 15 is 0 Å². The highest BCUT2D eigenvalue weighted by Crippen LogP contribution is 2.29. The molecule has 0 aliphatic carbocycles. The molecule has 1 aromatic carbocycles. The summed E-state index contributed by atoms with van der Waals surface area (Å²) in [5.41, 5.74) is 1.16. The number of amides is 1. The number of sulfonamides is 1. The van der Waals surface area contributed by atoms with Crippen LogP contribution < -0.4 is 0 Å². The molecule has 0 bridgehead atoms. The molecule has 0 saturated carbocycles. The molecule has 0 radical (unpaired) electrons. The van der Waals surface area contributed by atoms with Gasteiger partial charge in [-0.25, -0.2) is 12.7 Å². The monoisotopic (exact) mass is 305 g/mol. The molecule has 1 aliphatic rings. The van der Waals surface area contributed by atoms with Crippen molar-refractivity contribution < 1.29 is 13.2 Å². The van der Waals surface area contributed by atoms with Crippen molar-refractivity contribution in [2.75, 3.05) is 6.54 Å². The Labute approximate surface area is 123 Å². The predicted octanol–water partition coefficient (Wildman–Crippen LogP) is 1.29. The molecular weight excluding hydrogens is 290 g/mol. The third kappa shape index (κ3) is 2.13. The Hall–Kier alpha value is -2.15. The first-order valence-corrected chi connectivity index (χ1v) is 8.16. The highest BCUT2D eigenvalue weighted by Gasteiger charge is 2.40. The molecule has 2 heterocycles. The average molecular weight is 305 g/mol. The van der Waals surface area contributed by atoms with E-state index in [1.54, 1.807) is 29.1 Å². The maximum absolute atomic E-state index is 12.4. The maximum Gasteiger partial charge on any atom is 0.269 e. The average Bonchev–Trinajstić information content (AvgIpc) is 3.00. The van der Waals surface area contributed by atoms with E-state index in [1.807, 2.05) is 13.0 Å². The van der Waals surface area contributed by atoms with Crippen LogP contribution in [0.3, 0.4) is 0 Å². The van der Waals surface area contributed by atoms with E-state index in [2.05, 4.69) is 5.10 Å². The van der Waals surface area contributed by atoms with Gasteiger partial charge in [0.15, 0.2) is 0 Å². The van der Waals surface area contributed by atoms with Gasteiger partial charge in [-0.2, -0.15) is 5.10 Å². The van der Waals surface area contributed by atoms with Gasteiger partial charge in [-0.05, 0) is 25.1 Å². The van der Waals surface area contributed by atoms with Crippen LogP contribution in [0.15, 0.2) is 41.4 Å². The van der Waals surface area contributed by atoms with Crippen molar-refractivity contribution in [1.82, 2.24) is 14.1 Å². The predicted molar refractivity (Wildman–Crippen MR) is 76.3 cm³/mol. The van der Waals surface area contributed by atoms with Gasteiger partial charge in [-0.3, -0.25) is 9.48 Å². The van der Waals surface area contributed by atoms with E-state index in [0.717, 1.165) is 10.00 Å². The van der Waals surface area contributed by atoms with E-state index in [-0.39, 0.29) is 17.0 Å². The van der Waals surface area contributed by atoms with Gasteiger partial charge < -0.3 is 0 Å². The second-order valence-electron chi connectivity index (χ2n) is 4.77. The number of aromatic nitrogens is 2. The fraction of sp³-hybridized carbons (Fsp3) is 0.286. The fourth-order valence-corrected chi connectivity index (χ4v) is 4.09. The molecule has 1 amide bonds. The third-order valence-corrected chi connectivity index (χ3v) is 5.43. The van der Waals surface area contributed by atoms with E-state index in [9.17, 15) is 13.2 Å². The minimum Gasteiger partial charge on any atom is -0.270 e. The second-order valence-corrected chi connectivity index (χ2v) is 6.60. The van der Waals surface area contributed by atoms with Crippen LogP contribution >= 0.6 is 0 Å². The highest BCUT2D eigenvalue weighted by atomic mass is 32.2. The number of fused-ring (bicyclic) bond motifs is 1. The molecule has 0 unspecified atom stereocenters. The lowest BCUT2D eigenvalue weighted by molar-refractivity contribution is 0.0871. The van der Waals surface area contributed by atoms with Crippen LogP contribution in [-0.2, 0) is 23.0 Å². The van der Waals surface area contributed by atoms with Crippen LogP contribution in [0.25, 0.3) is 0 Å². The molecule has 0 spiro atoms. The van der Waals surface area contributed by atoms with Crippen molar-refractivity contribution in [2.45, 2.75) is 24.8 Å². The minimum atomic E-state index is -3.71. The van der Waals surface area contributed by atoms with Gasteiger partial charge >= 0.3 is 0 Å². The van der Waals surface area contributed by atoms with Gasteiger partial charge in [-0.15, -0.1) is 0 Å². The van der Waals surface area contributed by atoms with Crippen molar-refractivity contribution in [1.29, 1.82) is 0 Å². The van der Waals surface area contributed by atoms with Gasteiger partial charge in [0.05, 0.1) is 5.56 Å². The van der Waals surface area contributed by atoms with Crippen molar-refractivity contribution in [3.63, 3.8) is 0 Å². The van der Waals surface area contributed by atoms with Gasteiger partial charge in [0, 0.05) is 31.4 Å². The summed E-state index contributed by atoms with van der Waals surface area (Å²) in [4.78, 5) is 12.3. The number of hydrogen-bond acceptors (Lipinski definition) is 4. The molecule has 6 nitrogen and oxygen atoms in total. The van der Waals surface area contributed by atoms with Gasteiger partial charge in [0.2, 0.25) is 0 Å². The summed E-state index contributed by atoms with van der Waals surface area (Å²) >= 11 is 0. The van der Waals surface area contributed by atoms with Crippen LogP contribution in [0.4, 0.5) is 0 Å². The summed E-state index contributed by atoms with van der Waals surface area (Å²) in [6, 6.07) is 8.15. The fourth-order valence-electron chi connectivity index (χ4n) is 2.53. The topological polar surface area (TPSA) is 72.3 Å². The van der Waals surface area contributed by atoms with E-state index < -0.39 is 15.9 Å². The Balaban J connectivity index is 1.86. The van der Waals surface area contributed by atoms with E-state index in [1.165, 1.54) is 6.07 Å². The zero-order valence-corrected chi connectivity index (χ0v) is 12.4. The molecule has 0 N–H and O–H groups in total. The number of hydrogen-bond donors (Lipinski definition) is 0. The second kappa shape index (κ2) is 5.00. The molecule has 3 rings (SSSR count). The zero-order chi connectivity index (χ0) is 15.0. The van der Waals surface area contributed by atoms with Crippen LogP contribution in [0.5, 0.6) is 0 Å².